The second-order valence-electron chi connectivity index (χ2n) is 5.34. The molecule has 1 aromatic rings. The Morgan fingerprint density at radius 3 is 3.05 bits per heavy atom. The summed E-state index contributed by atoms with van der Waals surface area (Å²) in [5, 5.41) is 6.60. The van der Waals surface area contributed by atoms with Crippen LogP contribution in [0.5, 0.6) is 0 Å². The van der Waals surface area contributed by atoms with Gasteiger partial charge in [-0.2, -0.15) is 0 Å². The van der Waals surface area contributed by atoms with Crippen LogP contribution in [0, 0.1) is 6.92 Å². The molecular formula is C15H24N6O. The summed E-state index contributed by atoms with van der Waals surface area (Å²) >= 11 is 0. The molecule has 120 valence electrons. The third kappa shape index (κ3) is 4.41. The van der Waals surface area contributed by atoms with Crippen LogP contribution < -0.4 is 10.6 Å². The maximum absolute atomic E-state index is 11.7. The molecule has 2 N–H and O–H groups in total. The number of amides is 1. The normalized spacial score (nSPS) is 18.4. The lowest BCUT2D eigenvalue weighted by Gasteiger charge is -2.18. The quantitative estimate of drug-likeness (QED) is 0.624. The minimum Gasteiger partial charge on any atom is -0.352 e. The number of nitrogens with one attached hydrogen (secondary N) is 2. The highest BCUT2D eigenvalue weighted by molar-refractivity contribution is 5.80. The number of nitrogens with zero attached hydrogens (tertiary/aromatic N) is 4. The van der Waals surface area contributed by atoms with E-state index in [0.717, 1.165) is 37.0 Å². The molecule has 2 heterocycles. The lowest BCUT2D eigenvalue weighted by molar-refractivity contribution is -0.129. The molecule has 0 radical (unpaired) electrons. The minimum absolute atomic E-state index is 0.212. The molecule has 1 aliphatic heterocycles. The van der Waals surface area contributed by atoms with Crippen molar-refractivity contribution in [1.29, 1.82) is 0 Å². The molecule has 0 aromatic carbocycles. The van der Waals surface area contributed by atoms with Crippen LogP contribution in [0.2, 0.25) is 0 Å². The molecule has 1 aliphatic rings. The molecule has 7 heteroatoms. The molecule has 0 aliphatic carbocycles. The van der Waals surface area contributed by atoms with Gasteiger partial charge in [-0.05, 0) is 19.4 Å². The largest absolute Gasteiger partial charge is 0.352 e. The van der Waals surface area contributed by atoms with Gasteiger partial charge >= 0.3 is 0 Å². The first-order chi connectivity index (χ1) is 10.6. The molecule has 1 unspecified atom stereocenters. The van der Waals surface area contributed by atoms with Gasteiger partial charge < -0.3 is 15.5 Å². The number of hydrogen-bond donors (Lipinski definition) is 2. The highest BCUT2D eigenvalue weighted by Gasteiger charge is 2.25. The van der Waals surface area contributed by atoms with Crippen LogP contribution >= 0.6 is 0 Å². The molecule has 7 nitrogen and oxygen atoms in total. The Labute approximate surface area is 131 Å². The Balaban J connectivity index is 1.82. The van der Waals surface area contributed by atoms with Crippen LogP contribution in [0.4, 0.5) is 0 Å². The van der Waals surface area contributed by atoms with Crippen LogP contribution in [0.3, 0.4) is 0 Å². The number of aliphatic imine (C=N–C) groups is 1. The first kappa shape index (κ1) is 16.2. The average molecular weight is 304 g/mol. The third-order valence-corrected chi connectivity index (χ3v) is 3.68. The number of aromatic nitrogens is 2. The van der Waals surface area contributed by atoms with Crippen molar-refractivity contribution in [3.05, 3.63) is 23.8 Å². The molecular weight excluding hydrogens is 280 g/mol. The molecule has 0 saturated carbocycles. The van der Waals surface area contributed by atoms with E-state index in [4.69, 9.17) is 0 Å². The van der Waals surface area contributed by atoms with Crippen LogP contribution in [0.25, 0.3) is 0 Å². The predicted molar refractivity (Wildman–Crippen MR) is 85.4 cm³/mol. The van der Waals surface area contributed by atoms with E-state index in [0.29, 0.717) is 13.0 Å². The summed E-state index contributed by atoms with van der Waals surface area (Å²) in [6.45, 7) is 5.90. The van der Waals surface area contributed by atoms with E-state index >= 15 is 0 Å². The van der Waals surface area contributed by atoms with Crippen LogP contribution in [0.1, 0.15) is 31.3 Å². The Morgan fingerprint density at radius 2 is 2.36 bits per heavy atom. The topological polar surface area (TPSA) is 82.5 Å². The molecule has 22 heavy (non-hydrogen) atoms. The second kappa shape index (κ2) is 7.72. The first-order valence-corrected chi connectivity index (χ1v) is 7.65. The van der Waals surface area contributed by atoms with E-state index in [1.807, 2.05) is 24.8 Å². The molecule has 0 spiro atoms. The van der Waals surface area contributed by atoms with Gasteiger partial charge in [-0.15, -0.1) is 0 Å². The minimum atomic E-state index is 0.212. The molecule has 2 rings (SSSR count). The van der Waals surface area contributed by atoms with Crippen molar-refractivity contribution in [3.8, 4) is 0 Å². The number of rotatable bonds is 4. The zero-order valence-electron chi connectivity index (χ0n) is 13.5. The zero-order chi connectivity index (χ0) is 15.9. The summed E-state index contributed by atoms with van der Waals surface area (Å²) in [5.74, 6) is 1.70. The lowest BCUT2D eigenvalue weighted by Crippen LogP contribution is -2.44. The lowest BCUT2D eigenvalue weighted by atomic mass is 10.3. The summed E-state index contributed by atoms with van der Waals surface area (Å²) in [7, 11) is 1.74. The highest BCUT2D eigenvalue weighted by atomic mass is 16.2. The number of hydrogen-bond acceptors (Lipinski definition) is 4. The van der Waals surface area contributed by atoms with Crippen LogP contribution in [0.15, 0.2) is 17.3 Å². The van der Waals surface area contributed by atoms with Crippen molar-refractivity contribution in [3.63, 3.8) is 0 Å². The fourth-order valence-corrected chi connectivity index (χ4v) is 2.49. The Bertz CT molecular complexity index is 545. The van der Waals surface area contributed by atoms with Crippen molar-refractivity contribution in [1.82, 2.24) is 25.5 Å². The molecule has 0 bridgehead atoms. The number of aryl methyl sites for hydroxylation is 1. The summed E-state index contributed by atoms with van der Waals surface area (Å²) in [6.07, 6.45) is 3.26. The molecule has 1 amide bonds. The van der Waals surface area contributed by atoms with Crippen LogP contribution in [-0.4, -0.2) is 52.9 Å². The van der Waals surface area contributed by atoms with Gasteiger partial charge in [-0.3, -0.25) is 9.79 Å². The van der Waals surface area contributed by atoms with E-state index in [9.17, 15) is 4.79 Å². The van der Waals surface area contributed by atoms with Crippen molar-refractivity contribution in [2.45, 2.75) is 39.3 Å². The van der Waals surface area contributed by atoms with Gasteiger partial charge in [0.2, 0.25) is 5.91 Å². The number of carbonyl (C=O) groups excluding carboxylic acids is 1. The number of likely N-dealkylation sites (tertiary alicyclic amines) is 1. The van der Waals surface area contributed by atoms with E-state index in [1.54, 1.807) is 13.2 Å². The van der Waals surface area contributed by atoms with Crippen molar-refractivity contribution in [2.24, 2.45) is 4.99 Å². The fourth-order valence-electron chi connectivity index (χ4n) is 2.49. The smallest absolute Gasteiger partial charge is 0.222 e. The maximum atomic E-state index is 11.7. The summed E-state index contributed by atoms with van der Waals surface area (Å²) in [6, 6.07) is 2.12. The first-order valence-electron chi connectivity index (χ1n) is 7.65. The van der Waals surface area contributed by atoms with E-state index in [1.165, 1.54) is 0 Å². The Kier molecular flexibility index (Phi) is 5.68. The standard InChI is InChI=1S/C15H24N6O/c1-4-14(22)21-8-6-13(10-21)20-15(16-3)18-9-12-5-7-17-11(2)19-12/h5,7,13H,4,6,8-10H2,1-3H3,(H2,16,18,20). The summed E-state index contributed by atoms with van der Waals surface area (Å²) < 4.78 is 0. The highest BCUT2D eigenvalue weighted by Crippen LogP contribution is 2.10. The Hall–Kier alpha value is -2.18. The molecule has 1 fully saturated rings. The van der Waals surface area contributed by atoms with Gasteiger partial charge in [0.25, 0.3) is 0 Å². The number of guanidine groups is 1. The Morgan fingerprint density at radius 1 is 1.55 bits per heavy atom. The summed E-state index contributed by atoms with van der Waals surface area (Å²) in [4.78, 5) is 26.3. The van der Waals surface area contributed by atoms with Gasteiger partial charge in [0.1, 0.15) is 5.82 Å². The van der Waals surface area contributed by atoms with Gasteiger partial charge in [0.05, 0.1) is 12.2 Å². The predicted octanol–water partition coefficient (Wildman–Crippen LogP) is 0.461. The second-order valence-corrected chi connectivity index (χ2v) is 5.34. The van der Waals surface area contributed by atoms with Gasteiger partial charge in [0.15, 0.2) is 5.96 Å². The van der Waals surface area contributed by atoms with Gasteiger partial charge in [-0.25, -0.2) is 9.97 Å². The van der Waals surface area contributed by atoms with Crippen molar-refractivity contribution in [2.75, 3.05) is 20.1 Å². The molecule has 1 saturated heterocycles. The maximum Gasteiger partial charge on any atom is 0.222 e. The van der Waals surface area contributed by atoms with Crippen molar-refractivity contribution >= 4 is 11.9 Å². The van der Waals surface area contributed by atoms with Gasteiger partial charge in [0, 0.05) is 38.8 Å². The molecule has 1 atom stereocenters. The van der Waals surface area contributed by atoms with Gasteiger partial charge in [-0.1, -0.05) is 6.92 Å². The van der Waals surface area contributed by atoms with E-state index in [-0.39, 0.29) is 11.9 Å². The number of carbonyl (C=O) groups is 1. The summed E-state index contributed by atoms with van der Waals surface area (Å²) in [5.41, 5.74) is 0.921. The third-order valence-electron chi connectivity index (χ3n) is 3.68. The SMILES string of the molecule is CCC(=O)N1CCC(NC(=NC)NCc2ccnc(C)n2)C1. The monoisotopic (exact) mass is 304 g/mol. The molecule has 1 aromatic heterocycles. The fraction of sp³-hybridized carbons (Fsp3) is 0.600. The van der Waals surface area contributed by atoms with E-state index in [2.05, 4.69) is 25.6 Å². The average Bonchev–Trinajstić information content (AvgIpc) is 2.99. The van der Waals surface area contributed by atoms with Crippen molar-refractivity contribution < 1.29 is 4.79 Å². The van der Waals surface area contributed by atoms with Crippen LogP contribution in [-0.2, 0) is 11.3 Å². The van der Waals surface area contributed by atoms with E-state index < -0.39 is 0 Å². The zero-order valence-corrected chi connectivity index (χ0v) is 13.5.